The van der Waals surface area contributed by atoms with Gasteiger partial charge in [0.05, 0.1) is 7.11 Å². The molecular formula is C15H16N2O2. The van der Waals surface area contributed by atoms with Gasteiger partial charge in [-0.25, -0.2) is 0 Å². The molecule has 0 heterocycles. The van der Waals surface area contributed by atoms with Crippen LogP contribution in [-0.2, 0) is 6.54 Å². The van der Waals surface area contributed by atoms with Gasteiger partial charge in [0, 0.05) is 23.4 Å². The normalized spacial score (nSPS) is 9.95. The van der Waals surface area contributed by atoms with Gasteiger partial charge in [-0.15, -0.1) is 0 Å². The second kappa shape index (κ2) is 5.91. The largest absolute Gasteiger partial charge is 0.496 e. The van der Waals surface area contributed by atoms with E-state index in [1.54, 1.807) is 37.4 Å². The lowest BCUT2D eigenvalue weighted by Gasteiger charge is -2.10. The highest BCUT2D eigenvalue weighted by atomic mass is 16.5. The van der Waals surface area contributed by atoms with Gasteiger partial charge in [0.1, 0.15) is 5.75 Å². The topological polar surface area (TPSA) is 64.3 Å². The predicted molar refractivity (Wildman–Crippen MR) is 75.0 cm³/mol. The number of methoxy groups -OCH3 is 1. The Morgan fingerprint density at radius 2 is 1.95 bits per heavy atom. The van der Waals surface area contributed by atoms with Gasteiger partial charge in [-0.2, -0.15) is 0 Å². The molecule has 1 amide bonds. The maximum absolute atomic E-state index is 11.9. The summed E-state index contributed by atoms with van der Waals surface area (Å²) in [5.41, 5.74) is 7.86. The maximum Gasteiger partial charge on any atom is 0.251 e. The average molecular weight is 256 g/mol. The molecule has 2 aromatic rings. The quantitative estimate of drug-likeness (QED) is 0.824. The van der Waals surface area contributed by atoms with E-state index in [0.717, 1.165) is 5.56 Å². The number of amides is 1. The third-order valence-electron chi connectivity index (χ3n) is 2.78. The highest BCUT2D eigenvalue weighted by Gasteiger charge is 2.07. The standard InChI is InChI=1S/C15H16N2O2/c1-19-14-8-7-13(16)9-12(14)10-17-15(18)11-5-3-2-4-6-11/h2-9H,10,16H2,1H3,(H,17,18). The van der Waals surface area contributed by atoms with Gasteiger partial charge in [0.15, 0.2) is 0 Å². The van der Waals surface area contributed by atoms with Crippen molar-refractivity contribution in [2.75, 3.05) is 12.8 Å². The Bertz CT molecular complexity index is 568. The Hall–Kier alpha value is -2.49. The summed E-state index contributed by atoms with van der Waals surface area (Å²) in [6.45, 7) is 0.377. The molecule has 0 spiro atoms. The van der Waals surface area contributed by atoms with E-state index in [1.165, 1.54) is 0 Å². The molecule has 19 heavy (non-hydrogen) atoms. The fraction of sp³-hybridized carbons (Fsp3) is 0.133. The first kappa shape index (κ1) is 13.0. The highest BCUT2D eigenvalue weighted by molar-refractivity contribution is 5.94. The number of ether oxygens (including phenoxy) is 1. The summed E-state index contributed by atoms with van der Waals surface area (Å²) in [6, 6.07) is 14.4. The van der Waals surface area contributed by atoms with Crippen molar-refractivity contribution in [3.8, 4) is 5.75 Å². The first-order chi connectivity index (χ1) is 9.20. The lowest BCUT2D eigenvalue weighted by molar-refractivity contribution is 0.0950. The number of hydrogen-bond acceptors (Lipinski definition) is 3. The number of anilines is 1. The molecule has 4 heteroatoms. The summed E-state index contributed by atoms with van der Waals surface area (Å²) < 4.78 is 5.23. The van der Waals surface area contributed by atoms with Gasteiger partial charge in [-0.1, -0.05) is 18.2 Å². The van der Waals surface area contributed by atoms with E-state index in [1.807, 2.05) is 18.2 Å². The molecule has 0 saturated carbocycles. The Kier molecular flexibility index (Phi) is 4.03. The van der Waals surface area contributed by atoms with Crippen LogP contribution in [0.2, 0.25) is 0 Å². The van der Waals surface area contributed by atoms with Crippen molar-refractivity contribution in [3.05, 3.63) is 59.7 Å². The molecule has 0 atom stereocenters. The van der Waals surface area contributed by atoms with Crippen molar-refractivity contribution in [1.82, 2.24) is 5.32 Å². The Labute approximate surface area is 112 Å². The van der Waals surface area contributed by atoms with Crippen LogP contribution in [0.4, 0.5) is 5.69 Å². The third-order valence-corrected chi connectivity index (χ3v) is 2.78. The van der Waals surface area contributed by atoms with Crippen LogP contribution in [0.1, 0.15) is 15.9 Å². The van der Waals surface area contributed by atoms with Crippen molar-refractivity contribution >= 4 is 11.6 Å². The lowest BCUT2D eigenvalue weighted by atomic mass is 10.1. The molecule has 3 N–H and O–H groups in total. The van der Waals surface area contributed by atoms with Crippen molar-refractivity contribution < 1.29 is 9.53 Å². The molecule has 0 aliphatic rings. The van der Waals surface area contributed by atoms with Gasteiger partial charge in [-0.05, 0) is 30.3 Å². The second-order valence-corrected chi connectivity index (χ2v) is 4.12. The zero-order valence-electron chi connectivity index (χ0n) is 10.7. The number of rotatable bonds is 4. The van der Waals surface area contributed by atoms with E-state index in [0.29, 0.717) is 23.5 Å². The molecule has 0 aliphatic heterocycles. The fourth-order valence-corrected chi connectivity index (χ4v) is 1.80. The average Bonchev–Trinajstić information content (AvgIpc) is 2.46. The number of benzene rings is 2. The third kappa shape index (κ3) is 3.25. The lowest BCUT2D eigenvalue weighted by Crippen LogP contribution is -2.23. The maximum atomic E-state index is 11.9. The van der Waals surface area contributed by atoms with Crippen LogP contribution in [-0.4, -0.2) is 13.0 Å². The Morgan fingerprint density at radius 1 is 1.21 bits per heavy atom. The number of nitrogens with two attached hydrogens (primary N) is 1. The van der Waals surface area contributed by atoms with Crippen LogP contribution in [0.3, 0.4) is 0 Å². The van der Waals surface area contributed by atoms with E-state index in [4.69, 9.17) is 10.5 Å². The molecule has 0 bridgehead atoms. The zero-order chi connectivity index (χ0) is 13.7. The molecule has 0 radical (unpaired) electrons. The van der Waals surface area contributed by atoms with Crippen molar-refractivity contribution in [3.63, 3.8) is 0 Å². The van der Waals surface area contributed by atoms with Crippen LogP contribution in [0.5, 0.6) is 5.75 Å². The number of carbonyl (C=O) groups is 1. The van der Waals surface area contributed by atoms with E-state index in [2.05, 4.69) is 5.32 Å². The van der Waals surface area contributed by atoms with Gasteiger partial charge in [-0.3, -0.25) is 4.79 Å². The summed E-state index contributed by atoms with van der Waals surface area (Å²) >= 11 is 0. The van der Waals surface area contributed by atoms with Crippen LogP contribution >= 0.6 is 0 Å². The molecule has 0 fully saturated rings. The first-order valence-corrected chi connectivity index (χ1v) is 5.96. The molecule has 0 aliphatic carbocycles. The smallest absolute Gasteiger partial charge is 0.251 e. The Balaban J connectivity index is 2.07. The van der Waals surface area contributed by atoms with Crippen LogP contribution in [0.25, 0.3) is 0 Å². The molecule has 0 saturated heterocycles. The SMILES string of the molecule is COc1ccc(N)cc1CNC(=O)c1ccccc1. The van der Waals surface area contributed by atoms with Crippen LogP contribution in [0, 0.1) is 0 Å². The summed E-state index contributed by atoms with van der Waals surface area (Å²) in [7, 11) is 1.59. The molecule has 2 rings (SSSR count). The first-order valence-electron chi connectivity index (χ1n) is 5.96. The molecule has 0 unspecified atom stereocenters. The number of carbonyl (C=O) groups excluding carboxylic acids is 1. The van der Waals surface area contributed by atoms with Gasteiger partial charge in [0.2, 0.25) is 0 Å². The summed E-state index contributed by atoms with van der Waals surface area (Å²) in [6.07, 6.45) is 0. The van der Waals surface area contributed by atoms with Crippen molar-refractivity contribution in [2.24, 2.45) is 0 Å². The minimum Gasteiger partial charge on any atom is -0.496 e. The fourth-order valence-electron chi connectivity index (χ4n) is 1.80. The molecule has 2 aromatic carbocycles. The van der Waals surface area contributed by atoms with E-state index in [9.17, 15) is 4.79 Å². The van der Waals surface area contributed by atoms with Gasteiger partial charge >= 0.3 is 0 Å². The number of nitrogens with one attached hydrogen (secondary N) is 1. The Morgan fingerprint density at radius 3 is 2.63 bits per heavy atom. The zero-order valence-corrected chi connectivity index (χ0v) is 10.7. The van der Waals surface area contributed by atoms with E-state index >= 15 is 0 Å². The highest BCUT2D eigenvalue weighted by Crippen LogP contribution is 2.20. The summed E-state index contributed by atoms with van der Waals surface area (Å²) in [5.74, 6) is 0.590. The van der Waals surface area contributed by atoms with Gasteiger partial charge in [0.25, 0.3) is 5.91 Å². The summed E-state index contributed by atoms with van der Waals surface area (Å²) in [5, 5.41) is 2.84. The molecule has 4 nitrogen and oxygen atoms in total. The van der Waals surface area contributed by atoms with Crippen LogP contribution < -0.4 is 15.8 Å². The minimum absolute atomic E-state index is 0.120. The number of hydrogen-bond donors (Lipinski definition) is 2. The molecule has 0 aromatic heterocycles. The minimum atomic E-state index is -0.120. The predicted octanol–water partition coefficient (Wildman–Crippen LogP) is 2.21. The molecular weight excluding hydrogens is 240 g/mol. The van der Waals surface area contributed by atoms with Crippen molar-refractivity contribution in [2.45, 2.75) is 6.54 Å². The number of nitrogen functional groups attached to an aromatic ring is 1. The molecule has 98 valence electrons. The summed E-state index contributed by atoms with van der Waals surface area (Å²) in [4.78, 5) is 11.9. The van der Waals surface area contributed by atoms with Crippen LogP contribution in [0.15, 0.2) is 48.5 Å². The van der Waals surface area contributed by atoms with Crippen molar-refractivity contribution in [1.29, 1.82) is 0 Å². The van der Waals surface area contributed by atoms with E-state index in [-0.39, 0.29) is 5.91 Å². The van der Waals surface area contributed by atoms with Gasteiger partial charge < -0.3 is 15.8 Å². The second-order valence-electron chi connectivity index (χ2n) is 4.12. The van der Waals surface area contributed by atoms with E-state index < -0.39 is 0 Å². The monoisotopic (exact) mass is 256 g/mol.